The number of halogens is 3. The van der Waals surface area contributed by atoms with Gasteiger partial charge in [-0.05, 0) is 24.6 Å². The third-order valence-corrected chi connectivity index (χ3v) is 5.88. The first-order chi connectivity index (χ1) is 14.7. The van der Waals surface area contributed by atoms with Crippen LogP contribution in [0.3, 0.4) is 0 Å². The molecule has 0 spiro atoms. The average molecular weight is 446 g/mol. The lowest BCUT2D eigenvalue weighted by Gasteiger charge is -2.11. The van der Waals surface area contributed by atoms with Crippen LogP contribution in [0.2, 0.25) is 0 Å². The van der Waals surface area contributed by atoms with Gasteiger partial charge in [0.2, 0.25) is 5.88 Å². The van der Waals surface area contributed by atoms with Gasteiger partial charge in [0.05, 0.1) is 11.1 Å². The monoisotopic (exact) mass is 446 g/mol. The van der Waals surface area contributed by atoms with Crippen molar-refractivity contribution in [1.82, 2.24) is 9.55 Å². The van der Waals surface area contributed by atoms with E-state index in [2.05, 4.69) is 4.98 Å². The molecule has 160 valence electrons. The minimum absolute atomic E-state index is 0.109. The molecule has 0 radical (unpaired) electrons. The molecular formula is C22H17F3N2O3S. The molecule has 4 rings (SSSR count). The summed E-state index contributed by atoms with van der Waals surface area (Å²) in [4.78, 5) is 29.3. The third kappa shape index (κ3) is 4.36. The molecule has 31 heavy (non-hydrogen) atoms. The predicted molar refractivity (Wildman–Crippen MR) is 110 cm³/mol. The first-order valence-electron chi connectivity index (χ1n) is 9.42. The highest BCUT2D eigenvalue weighted by atomic mass is 32.2. The Labute approximate surface area is 179 Å². The van der Waals surface area contributed by atoms with Crippen molar-refractivity contribution in [2.24, 2.45) is 0 Å². The van der Waals surface area contributed by atoms with Crippen LogP contribution in [0.4, 0.5) is 13.2 Å². The topological polar surface area (TPSA) is 61.2 Å². The second-order valence-corrected chi connectivity index (χ2v) is 8.08. The van der Waals surface area contributed by atoms with Gasteiger partial charge in [-0.2, -0.15) is 18.2 Å². The molecule has 2 heterocycles. The van der Waals surface area contributed by atoms with E-state index in [1.54, 1.807) is 35.8 Å². The van der Waals surface area contributed by atoms with Crippen LogP contribution in [0.25, 0.3) is 0 Å². The summed E-state index contributed by atoms with van der Waals surface area (Å²) in [5.41, 5.74) is 0.823. The molecule has 1 aromatic heterocycles. The summed E-state index contributed by atoms with van der Waals surface area (Å²) in [7, 11) is 0. The van der Waals surface area contributed by atoms with Gasteiger partial charge in [0.15, 0.2) is 10.9 Å². The molecule has 0 N–H and O–H groups in total. The molecule has 0 unspecified atom stereocenters. The van der Waals surface area contributed by atoms with Crippen LogP contribution in [0, 0.1) is 6.92 Å². The summed E-state index contributed by atoms with van der Waals surface area (Å²) in [6.45, 7) is 2.48. The van der Waals surface area contributed by atoms with Gasteiger partial charge in [0, 0.05) is 23.4 Å². The van der Waals surface area contributed by atoms with Gasteiger partial charge in [-0.15, -0.1) is 0 Å². The average Bonchev–Trinajstić information content (AvgIpc) is 3.23. The number of carbonyl (C=O) groups is 1. The van der Waals surface area contributed by atoms with Crippen LogP contribution in [-0.2, 0) is 19.3 Å². The molecule has 3 aromatic rings. The van der Waals surface area contributed by atoms with Crippen molar-refractivity contribution in [1.29, 1.82) is 0 Å². The summed E-state index contributed by atoms with van der Waals surface area (Å²) in [5, 5.41) is 0.642. The summed E-state index contributed by atoms with van der Waals surface area (Å²) < 4.78 is 45.4. The van der Waals surface area contributed by atoms with E-state index < -0.39 is 11.7 Å². The van der Waals surface area contributed by atoms with Gasteiger partial charge >= 0.3 is 6.18 Å². The second-order valence-electron chi connectivity index (χ2n) is 7.02. The normalized spacial score (nSPS) is 13.2. The molecule has 0 aliphatic carbocycles. The van der Waals surface area contributed by atoms with E-state index in [0.29, 0.717) is 22.8 Å². The van der Waals surface area contributed by atoms with E-state index in [1.165, 1.54) is 23.9 Å². The van der Waals surface area contributed by atoms with Crippen molar-refractivity contribution in [3.05, 3.63) is 86.7 Å². The maximum atomic E-state index is 12.7. The van der Waals surface area contributed by atoms with Gasteiger partial charge < -0.3 is 4.74 Å². The van der Waals surface area contributed by atoms with Crippen molar-refractivity contribution in [2.45, 2.75) is 31.4 Å². The maximum Gasteiger partial charge on any atom is 0.416 e. The largest absolute Gasteiger partial charge is 0.472 e. The van der Waals surface area contributed by atoms with Gasteiger partial charge in [0.25, 0.3) is 5.56 Å². The smallest absolute Gasteiger partial charge is 0.416 e. The molecule has 5 nitrogen and oxygen atoms in total. The molecule has 0 amide bonds. The number of ketones is 1. The van der Waals surface area contributed by atoms with E-state index >= 15 is 0 Å². The first kappa shape index (κ1) is 21.2. The highest BCUT2D eigenvalue weighted by Crippen LogP contribution is 2.29. The Morgan fingerprint density at radius 2 is 1.71 bits per heavy atom. The number of benzene rings is 2. The number of thioether (sulfide) groups is 1. The van der Waals surface area contributed by atoms with Crippen LogP contribution < -0.4 is 10.3 Å². The number of ether oxygens (including phenoxy) is 1. The van der Waals surface area contributed by atoms with Gasteiger partial charge in [-0.25, -0.2) is 0 Å². The van der Waals surface area contributed by atoms with E-state index in [-0.39, 0.29) is 29.4 Å². The number of alkyl halides is 3. The summed E-state index contributed by atoms with van der Waals surface area (Å²) >= 11 is 1.50. The zero-order chi connectivity index (χ0) is 22.2. The minimum Gasteiger partial charge on any atom is -0.472 e. The molecule has 0 saturated heterocycles. The fraction of sp³-hybridized carbons (Fsp3) is 0.227. The molecule has 1 aliphatic heterocycles. The number of hydrogen-bond acceptors (Lipinski definition) is 5. The first-order valence-corrected chi connectivity index (χ1v) is 10.4. The number of nitrogens with zero attached hydrogens (tertiary/aromatic N) is 2. The highest BCUT2D eigenvalue weighted by molar-refractivity contribution is 7.99. The van der Waals surface area contributed by atoms with Crippen LogP contribution in [-0.4, -0.2) is 21.1 Å². The van der Waals surface area contributed by atoms with Gasteiger partial charge in [0.1, 0.15) is 6.61 Å². The summed E-state index contributed by atoms with van der Waals surface area (Å²) in [6.07, 6.45) is -4.44. The number of hydrogen-bond donors (Lipinski definition) is 0. The fourth-order valence-electron chi connectivity index (χ4n) is 3.17. The molecule has 0 fully saturated rings. The quantitative estimate of drug-likeness (QED) is 0.427. The SMILES string of the molecule is Cc1c(OCc2ccc(C(=O)c3ccc(C(F)(F)F)cc3)cc2)nc2n(c1=O)CCS2. The van der Waals surface area contributed by atoms with Crippen LogP contribution in [0.1, 0.15) is 32.6 Å². The fourth-order valence-corrected chi connectivity index (χ4v) is 4.10. The van der Waals surface area contributed by atoms with E-state index in [1.807, 2.05) is 0 Å². The van der Waals surface area contributed by atoms with Crippen LogP contribution in [0.5, 0.6) is 5.88 Å². The van der Waals surface area contributed by atoms with E-state index in [4.69, 9.17) is 4.74 Å². The van der Waals surface area contributed by atoms with Crippen molar-refractivity contribution < 1.29 is 22.7 Å². The maximum absolute atomic E-state index is 12.7. The highest BCUT2D eigenvalue weighted by Gasteiger charge is 2.30. The van der Waals surface area contributed by atoms with Crippen molar-refractivity contribution >= 4 is 17.5 Å². The molecule has 0 saturated carbocycles. The molecule has 1 aliphatic rings. The van der Waals surface area contributed by atoms with Crippen LogP contribution in [0.15, 0.2) is 58.5 Å². The molecule has 0 atom stereocenters. The lowest BCUT2D eigenvalue weighted by molar-refractivity contribution is -0.137. The molecular weight excluding hydrogens is 429 g/mol. The Balaban J connectivity index is 1.45. The number of aromatic nitrogens is 2. The predicted octanol–water partition coefficient (Wildman–Crippen LogP) is 4.49. The number of rotatable bonds is 5. The summed E-state index contributed by atoms with van der Waals surface area (Å²) in [6, 6.07) is 10.7. The van der Waals surface area contributed by atoms with Crippen molar-refractivity contribution in [3.8, 4) is 5.88 Å². The van der Waals surface area contributed by atoms with Crippen LogP contribution >= 0.6 is 11.8 Å². The molecule has 0 bridgehead atoms. The summed E-state index contributed by atoms with van der Waals surface area (Å²) in [5.74, 6) is 0.720. The van der Waals surface area contributed by atoms with Crippen molar-refractivity contribution in [2.75, 3.05) is 5.75 Å². The Morgan fingerprint density at radius 3 is 2.32 bits per heavy atom. The van der Waals surface area contributed by atoms with Gasteiger partial charge in [-0.1, -0.05) is 48.2 Å². The molecule has 2 aromatic carbocycles. The lowest BCUT2D eigenvalue weighted by atomic mass is 10.0. The van der Waals surface area contributed by atoms with E-state index in [9.17, 15) is 22.8 Å². The zero-order valence-corrected chi connectivity index (χ0v) is 17.2. The number of fused-ring (bicyclic) bond motifs is 1. The van der Waals surface area contributed by atoms with E-state index in [0.717, 1.165) is 23.4 Å². The Morgan fingerprint density at radius 1 is 1.10 bits per heavy atom. The van der Waals surface area contributed by atoms with Gasteiger partial charge in [-0.3, -0.25) is 14.2 Å². The molecule has 9 heteroatoms. The Kier molecular flexibility index (Phi) is 5.62. The Hall–Kier alpha value is -3.07. The number of carbonyl (C=O) groups excluding carboxylic acids is 1. The standard InChI is InChI=1S/C22H17F3N2O3S/c1-13-19(26-21-27(20(13)29)10-11-31-21)30-12-14-2-4-15(5-3-14)18(28)16-6-8-17(9-7-16)22(23,24)25/h2-9H,10-12H2,1H3. The zero-order valence-electron chi connectivity index (χ0n) is 16.4. The second kappa shape index (κ2) is 8.22. The minimum atomic E-state index is -4.44. The Bertz CT molecular complexity index is 1190. The third-order valence-electron chi connectivity index (χ3n) is 4.93. The van der Waals surface area contributed by atoms with Crippen molar-refractivity contribution in [3.63, 3.8) is 0 Å². The lowest BCUT2D eigenvalue weighted by Crippen LogP contribution is -2.23.